The van der Waals surface area contributed by atoms with E-state index in [4.69, 9.17) is 0 Å². The molecule has 19 heavy (non-hydrogen) atoms. The van der Waals surface area contributed by atoms with E-state index in [0.29, 0.717) is 11.8 Å². The summed E-state index contributed by atoms with van der Waals surface area (Å²) < 4.78 is 0. The van der Waals surface area contributed by atoms with Gasteiger partial charge in [0.05, 0.1) is 12.2 Å². The van der Waals surface area contributed by atoms with Crippen LogP contribution in [0.5, 0.6) is 0 Å². The highest BCUT2D eigenvalue weighted by molar-refractivity contribution is 7.98. The lowest BCUT2D eigenvalue weighted by Gasteiger charge is -2.20. The first-order valence-corrected chi connectivity index (χ1v) is 9.06. The van der Waals surface area contributed by atoms with Crippen LogP contribution < -0.4 is 5.32 Å². The monoisotopic (exact) mass is 286 g/mol. The largest absolute Gasteiger partial charge is 0.326 e. The second-order valence-electron chi connectivity index (χ2n) is 5.64. The molecule has 1 amide bonds. The molecule has 0 radical (unpaired) electrons. The number of amides is 1. The minimum Gasteiger partial charge on any atom is -0.326 e. The molecule has 1 heterocycles. The molecule has 3 atom stereocenters. The fourth-order valence-corrected chi connectivity index (χ4v) is 3.11. The van der Waals surface area contributed by atoms with Crippen molar-refractivity contribution in [3.63, 3.8) is 0 Å². The summed E-state index contributed by atoms with van der Waals surface area (Å²) in [4.78, 5) is 14.4. The predicted molar refractivity (Wildman–Crippen MR) is 84.4 cm³/mol. The summed E-state index contributed by atoms with van der Waals surface area (Å²) in [6.07, 6.45) is 8.39. The normalized spacial score (nSPS) is 25.1. The van der Waals surface area contributed by atoms with E-state index < -0.39 is 0 Å². The third kappa shape index (κ3) is 4.99. The van der Waals surface area contributed by atoms with Crippen LogP contribution >= 0.6 is 11.8 Å². The number of carbonyl (C=O) groups is 1. The molecule has 1 aliphatic rings. The summed E-state index contributed by atoms with van der Waals surface area (Å²) in [7, 11) is 0. The molecule has 1 fully saturated rings. The summed E-state index contributed by atoms with van der Waals surface area (Å²) >= 11 is 1.92. The molecule has 1 N–H and O–H groups in total. The summed E-state index contributed by atoms with van der Waals surface area (Å²) in [6.45, 7) is 7.33. The molecule has 4 heteroatoms. The number of nitrogens with zero attached hydrogens (tertiary/aromatic N) is 1. The maximum atomic E-state index is 12.3. The van der Waals surface area contributed by atoms with E-state index in [1.54, 1.807) is 0 Å². The van der Waals surface area contributed by atoms with Gasteiger partial charge in [0.15, 0.2) is 0 Å². The Kier molecular flexibility index (Phi) is 7.84. The number of unbranched alkanes of at least 4 members (excludes halogenated alkanes) is 3. The molecule has 3 unspecified atom stereocenters. The van der Waals surface area contributed by atoms with Crippen molar-refractivity contribution in [1.29, 1.82) is 0 Å². The Morgan fingerprint density at radius 3 is 2.63 bits per heavy atom. The first-order valence-electron chi connectivity index (χ1n) is 7.67. The molecule has 1 aliphatic heterocycles. The Bertz CT molecular complexity index is 273. The molecule has 0 aliphatic carbocycles. The molecule has 112 valence electrons. The molecule has 0 bridgehead atoms. The Labute approximate surface area is 122 Å². The minimum atomic E-state index is 0.0384. The summed E-state index contributed by atoms with van der Waals surface area (Å²) in [5.74, 6) is 2.00. The van der Waals surface area contributed by atoms with Crippen LogP contribution in [0.25, 0.3) is 0 Å². The van der Waals surface area contributed by atoms with Gasteiger partial charge in [-0.15, -0.1) is 0 Å². The summed E-state index contributed by atoms with van der Waals surface area (Å²) in [6, 6.07) is 0.0384. The van der Waals surface area contributed by atoms with Crippen molar-refractivity contribution in [2.75, 3.05) is 18.6 Å². The fraction of sp³-hybridized carbons (Fsp3) is 0.933. The van der Waals surface area contributed by atoms with Gasteiger partial charge in [0.2, 0.25) is 5.91 Å². The molecule has 0 aromatic heterocycles. The van der Waals surface area contributed by atoms with Crippen molar-refractivity contribution >= 4 is 17.7 Å². The zero-order valence-electron chi connectivity index (χ0n) is 12.9. The van der Waals surface area contributed by atoms with Crippen molar-refractivity contribution < 1.29 is 4.79 Å². The van der Waals surface area contributed by atoms with Crippen molar-refractivity contribution in [2.24, 2.45) is 5.92 Å². The van der Waals surface area contributed by atoms with Crippen LogP contribution in [0, 0.1) is 5.92 Å². The first-order chi connectivity index (χ1) is 9.11. The maximum absolute atomic E-state index is 12.3. The van der Waals surface area contributed by atoms with Gasteiger partial charge in [0.1, 0.15) is 0 Å². The first kappa shape index (κ1) is 16.8. The zero-order chi connectivity index (χ0) is 14.3. The zero-order valence-corrected chi connectivity index (χ0v) is 13.8. The molecular weight excluding hydrogens is 256 g/mol. The molecule has 1 saturated heterocycles. The van der Waals surface area contributed by atoms with Crippen LogP contribution in [0.1, 0.15) is 52.9 Å². The van der Waals surface area contributed by atoms with Gasteiger partial charge < -0.3 is 4.90 Å². The number of hydrogen-bond donors (Lipinski definition) is 1. The number of rotatable bonds is 9. The predicted octanol–water partition coefficient (Wildman–Crippen LogP) is 3.10. The lowest BCUT2D eigenvalue weighted by Crippen LogP contribution is -2.35. The Hall–Kier alpha value is -0.220. The molecule has 1 rings (SSSR count). The highest BCUT2D eigenvalue weighted by Crippen LogP contribution is 2.19. The van der Waals surface area contributed by atoms with Crippen LogP contribution in [-0.4, -0.2) is 41.6 Å². The van der Waals surface area contributed by atoms with E-state index in [0.717, 1.165) is 19.4 Å². The molecule has 0 aromatic carbocycles. The number of thioether (sulfide) groups is 1. The Balaban J connectivity index is 2.28. The van der Waals surface area contributed by atoms with E-state index >= 15 is 0 Å². The molecule has 3 nitrogen and oxygen atoms in total. The van der Waals surface area contributed by atoms with Gasteiger partial charge in [-0.05, 0) is 37.7 Å². The quantitative estimate of drug-likeness (QED) is 0.661. The average Bonchev–Trinajstić information content (AvgIpc) is 2.69. The summed E-state index contributed by atoms with van der Waals surface area (Å²) in [5.41, 5.74) is 0. The summed E-state index contributed by atoms with van der Waals surface area (Å²) in [5, 5.41) is 3.44. The van der Waals surface area contributed by atoms with Gasteiger partial charge in [0, 0.05) is 6.54 Å². The molecular formula is C15H30N2OS. The van der Waals surface area contributed by atoms with Gasteiger partial charge >= 0.3 is 0 Å². The maximum Gasteiger partial charge on any atom is 0.241 e. The van der Waals surface area contributed by atoms with Crippen LogP contribution in [0.2, 0.25) is 0 Å². The number of hydrogen-bond acceptors (Lipinski definition) is 3. The topological polar surface area (TPSA) is 32.3 Å². The number of carbonyl (C=O) groups excluding carboxylic acids is 1. The van der Waals surface area contributed by atoms with Gasteiger partial charge in [-0.2, -0.15) is 11.8 Å². The van der Waals surface area contributed by atoms with E-state index in [9.17, 15) is 4.79 Å². The van der Waals surface area contributed by atoms with E-state index in [1.807, 2.05) is 16.7 Å². The van der Waals surface area contributed by atoms with Crippen LogP contribution in [-0.2, 0) is 4.79 Å². The molecule has 0 spiro atoms. The van der Waals surface area contributed by atoms with Crippen LogP contribution in [0.3, 0.4) is 0 Å². The highest BCUT2D eigenvalue weighted by Gasteiger charge is 2.38. The van der Waals surface area contributed by atoms with Crippen LogP contribution in [0.4, 0.5) is 0 Å². The standard InChI is InChI=1S/C15H30N2OS/c1-5-12(2)14-15(18)17(13(3)16-14)10-8-6-7-9-11-19-4/h12-14,16H,5-11H2,1-4H3. The lowest BCUT2D eigenvalue weighted by molar-refractivity contribution is -0.130. The van der Waals surface area contributed by atoms with Gasteiger partial charge in [-0.1, -0.05) is 33.1 Å². The van der Waals surface area contributed by atoms with Gasteiger partial charge in [0.25, 0.3) is 0 Å². The van der Waals surface area contributed by atoms with E-state index in [-0.39, 0.29) is 12.2 Å². The second-order valence-corrected chi connectivity index (χ2v) is 6.63. The second kappa shape index (κ2) is 8.85. The van der Waals surface area contributed by atoms with Gasteiger partial charge in [-0.3, -0.25) is 10.1 Å². The highest BCUT2D eigenvalue weighted by atomic mass is 32.2. The van der Waals surface area contributed by atoms with Crippen molar-refractivity contribution in [3.05, 3.63) is 0 Å². The average molecular weight is 286 g/mol. The van der Waals surface area contributed by atoms with E-state index in [2.05, 4.69) is 32.3 Å². The van der Waals surface area contributed by atoms with Crippen molar-refractivity contribution in [3.8, 4) is 0 Å². The number of nitrogens with one attached hydrogen (secondary N) is 1. The molecule has 0 aromatic rings. The third-order valence-electron chi connectivity index (χ3n) is 4.15. The smallest absolute Gasteiger partial charge is 0.241 e. The Morgan fingerprint density at radius 2 is 2.00 bits per heavy atom. The molecule has 0 saturated carbocycles. The van der Waals surface area contributed by atoms with Gasteiger partial charge in [-0.25, -0.2) is 0 Å². The van der Waals surface area contributed by atoms with E-state index in [1.165, 1.54) is 25.0 Å². The Morgan fingerprint density at radius 1 is 1.32 bits per heavy atom. The lowest BCUT2D eigenvalue weighted by atomic mass is 9.99. The van der Waals surface area contributed by atoms with Crippen LogP contribution in [0.15, 0.2) is 0 Å². The van der Waals surface area contributed by atoms with Crippen molar-refractivity contribution in [1.82, 2.24) is 10.2 Å². The SMILES string of the molecule is CCC(C)C1NC(C)N(CCCCCCSC)C1=O. The van der Waals surface area contributed by atoms with Crippen molar-refractivity contribution in [2.45, 2.75) is 65.1 Å². The minimum absolute atomic E-state index is 0.0384. The fourth-order valence-electron chi connectivity index (χ4n) is 2.62. The third-order valence-corrected chi connectivity index (χ3v) is 4.84.